The van der Waals surface area contributed by atoms with Gasteiger partial charge in [-0.1, -0.05) is 42.2 Å². The van der Waals surface area contributed by atoms with Crippen molar-refractivity contribution in [2.45, 2.75) is 31.5 Å². The van der Waals surface area contributed by atoms with Gasteiger partial charge in [-0.05, 0) is 43.6 Å². The van der Waals surface area contributed by atoms with Gasteiger partial charge in [0.2, 0.25) is 0 Å². The molecule has 3 aliphatic rings. The van der Waals surface area contributed by atoms with Crippen molar-refractivity contribution in [3.8, 4) is 17.9 Å². The van der Waals surface area contributed by atoms with Crippen molar-refractivity contribution in [3.63, 3.8) is 0 Å². The lowest BCUT2D eigenvalue weighted by molar-refractivity contribution is -0.0713. The predicted molar refractivity (Wildman–Crippen MR) is 115 cm³/mol. The SMILES string of the molecule is O[C@]1(C#Cc2cnc(OCc3ccco3)nc2Cc2ccccc2)CN2CCC1CC2. The summed E-state index contributed by atoms with van der Waals surface area (Å²) < 4.78 is 11.0. The van der Waals surface area contributed by atoms with Gasteiger partial charge in [0.25, 0.3) is 0 Å². The molecule has 3 fully saturated rings. The standard InChI is InChI=1S/C25H25N3O3/c29-25(18-28-12-9-21(25)10-13-28)11-8-20-16-26-24(31-17-22-7-4-14-30-22)27-23(20)15-19-5-2-1-3-6-19/h1-7,14,16,21,29H,9-10,12-13,15,17-18H2/t25-/m1/s1. The van der Waals surface area contributed by atoms with Crippen LogP contribution in [0.4, 0.5) is 0 Å². The fourth-order valence-electron chi connectivity index (χ4n) is 4.38. The summed E-state index contributed by atoms with van der Waals surface area (Å²) in [6, 6.07) is 14.1. The van der Waals surface area contributed by atoms with E-state index in [2.05, 4.69) is 38.8 Å². The minimum absolute atomic E-state index is 0.236. The van der Waals surface area contributed by atoms with Crippen molar-refractivity contribution < 1.29 is 14.3 Å². The zero-order valence-corrected chi connectivity index (χ0v) is 17.3. The van der Waals surface area contributed by atoms with E-state index >= 15 is 0 Å². The highest BCUT2D eigenvalue weighted by atomic mass is 16.5. The van der Waals surface area contributed by atoms with Crippen LogP contribution in [0.1, 0.15) is 35.4 Å². The van der Waals surface area contributed by atoms with Gasteiger partial charge in [-0.25, -0.2) is 4.98 Å². The van der Waals surface area contributed by atoms with Crippen molar-refractivity contribution in [1.82, 2.24) is 14.9 Å². The second kappa shape index (κ2) is 8.54. The molecular weight excluding hydrogens is 390 g/mol. The van der Waals surface area contributed by atoms with Crippen molar-refractivity contribution >= 4 is 0 Å². The molecule has 0 unspecified atom stereocenters. The maximum Gasteiger partial charge on any atom is 0.317 e. The van der Waals surface area contributed by atoms with Crippen LogP contribution in [0.25, 0.3) is 0 Å². The maximum atomic E-state index is 11.2. The van der Waals surface area contributed by atoms with E-state index in [9.17, 15) is 5.11 Å². The molecule has 1 aromatic carbocycles. The number of hydrogen-bond acceptors (Lipinski definition) is 6. The summed E-state index contributed by atoms with van der Waals surface area (Å²) in [7, 11) is 0. The maximum absolute atomic E-state index is 11.2. The smallest absolute Gasteiger partial charge is 0.317 e. The Bertz CT molecular complexity index is 1080. The quantitative estimate of drug-likeness (QED) is 0.646. The molecule has 3 aromatic rings. The van der Waals surface area contributed by atoms with Gasteiger partial charge in [0, 0.05) is 18.9 Å². The molecule has 3 saturated heterocycles. The number of hydrogen-bond donors (Lipinski definition) is 1. The molecule has 6 nitrogen and oxygen atoms in total. The number of furan rings is 1. The average molecular weight is 415 g/mol. The fraction of sp³-hybridized carbons (Fsp3) is 0.360. The summed E-state index contributed by atoms with van der Waals surface area (Å²) in [5.41, 5.74) is 1.67. The van der Waals surface area contributed by atoms with Crippen LogP contribution in [0, 0.1) is 17.8 Å². The molecule has 2 aromatic heterocycles. The second-order valence-electron chi connectivity index (χ2n) is 8.27. The lowest BCUT2D eigenvalue weighted by Gasteiger charge is -2.47. The second-order valence-corrected chi connectivity index (χ2v) is 8.27. The first kappa shape index (κ1) is 19.8. The number of fused-ring (bicyclic) bond motifs is 3. The first-order valence-corrected chi connectivity index (χ1v) is 10.7. The molecule has 31 heavy (non-hydrogen) atoms. The van der Waals surface area contributed by atoms with E-state index in [0.717, 1.165) is 42.8 Å². The third-order valence-corrected chi connectivity index (χ3v) is 6.12. The van der Waals surface area contributed by atoms with Crippen LogP contribution < -0.4 is 4.74 Å². The Balaban J connectivity index is 1.42. The highest BCUT2D eigenvalue weighted by Gasteiger charge is 2.44. The molecule has 5 heterocycles. The van der Waals surface area contributed by atoms with Gasteiger partial charge in [-0.2, -0.15) is 4.98 Å². The van der Waals surface area contributed by atoms with E-state index in [1.54, 1.807) is 12.5 Å². The summed E-state index contributed by atoms with van der Waals surface area (Å²) in [5, 5.41) is 11.2. The average Bonchev–Trinajstić information content (AvgIpc) is 3.32. The van der Waals surface area contributed by atoms with E-state index in [0.29, 0.717) is 18.7 Å². The number of aromatic nitrogens is 2. The van der Waals surface area contributed by atoms with E-state index in [1.165, 1.54) is 0 Å². The first-order chi connectivity index (χ1) is 15.2. The zero-order chi connectivity index (χ0) is 21.1. The molecule has 2 bridgehead atoms. The number of piperidine rings is 3. The number of aliphatic hydroxyl groups is 1. The minimum Gasteiger partial charge on any atom is -0.466 e. The number of benzene rings is 1. The number of rotatable bonds is 5. The number of ether oxygens (including phenoxy) is 1. The number of nitrogens with zero attached hydrogens (tertiary/aromatic N) is 3. The van der Waals surface area contributed by atoms with Gasteiger partial charge in [-0.3, -0.25) is 4.90 Å². The lowest BCUT2D eigenvalue weighted by Crippen LogP contribution is -2.58. The van der Waals surface area contributed by atoms with Gasteiger partial charge in [0.15, 0.2) is 0 Å². The summed E-state index contributed by atoms with van der Waals surface area (Å²) in [4.78, 5) is 11.3. The van der Waals surface area contributed by atoms with Crippen molar-refractivity contribution in [3.05, 3.63) is 77.5 Å². The minimum atomic E-state index is -0.963. The third-order valence-electron chi connectivity index (χ3n) is 6.12. The molecule has 158 valence electrons. The van der Waals surface area contributed by atoms with Crippen LogP contribution in [-0.2, 0) is 13.0 Å². The van der Waals surface area contributed by atoms with Gasteiger partial charge in [0.1, 0.15) is 18.0 Å². The normalized spacial score (nSPS) is 24.4. The molecule has 0 amide bonds. The van der Waals surface area contributed by atoms with E-state index in [-0.39, 0.29) is 18.5 Å². The molecule has 0 spiro atoms. The van der Waals surface area contributed by atoms with Crippen molar-refractivity contribution in [1.29, 1.82) is 0 Å². The largest absolute Gasteiger partial charge is 0.466 e. The van der Waals surface area contributed by atoms with Gasteiger partial charge >= 0.3 is 6.01 Å². The van der Waals surface area contributed by atoms with Crippen LogP contribution in [-0.4, -0.2) is 45.2 Å². The van der Waals surface area contributed by atoms with Crippen LogP contribution in [0.15, 0.2) is 59.3 Å². The topological polar surface area (TPSA) is 71.6 Å². The Morgan fingerprint density at radius 1 is 1.16 bits per heavy atom. The monoisotopic (exact) mass is 415 g/mol. The van der Waals surface area contributed by atoms with Crippen LogP contribution in [0.5, 0.6) is 6.01 Å². The predicted octanol–water partition coefficient (Wildman–Crippen LogP) is 3.05. The zero-order valence-electron chi connectivity index (χ0n) is 17.3. The molecule has 0 aliphatic carbocycles. The Kier molecular flexibility index (Phi) is 5.46. The summed E-state index contributed by atoms with van der Waals surface area (Å²) >= 11 is 0. The van der Waals surface area contributed by atoms with Gasteiger partial charge in [0.05, 0.1) is 23.7 Å². The molecule has 1 atom stereocenters. The molecule has 0 radical (unpaired) electrons. The summed E-state index contributed by atoms with van der Waals surface area (Å²) in [5.74, 6) is 7.32. The highest BCUT2D eigenvalue weighted by Crippen LogP contribution is 2.35. The molecule has 1 N–H and O–H groups in total. The highest BCUT2D eigenvalue weighted by molar-refractivity contribution is 5.41. The van der Waals surface area contributed by atoms with Crippen LogP contribution in [0.3, 0.4) is 0 Å². The van der Waals surface area contributed by atoms with E-state index < -0.39 is 5.60 Å². The molecule has 3 aliphatic heterocycles. The fourth-order valence-corrected chi connectivity index (χ4v) is 4.38. The van der Waals surface area contributed by atoms with Gasteiger partial charge < -0.3 is 14.3 Å². The van der Waals surface area contributed by atoms with Crippen molar-refractivity contribution in [2.75, 3.05) is 19.6 Å². The summed E-state index contributed by atoms with van der Waals surface area (Å²) in [6.45, 7) is 2.99. The molecule has 6 heteroatoms. The Morgan fingerprint density at radius 2 is 2.00 bits per heavy atom. The summed E-state index contributed by atoms with van der Waals surface area (Å²) in [6.07, 6.45) is 5.91. The Labute approximate surface area is 181 Å². The van der Waals surface area contributed by atoms with Crippen LogP contribution in [0.2, 0.25) is 0 Å². The Morgan fingerprint density at radius 3 is 2.71 bits per heavy atom. The molecule has 6 rings (SSSR count). The Hall–Kier alpha value is -3.14. The third kappa shape index (κ3) is 4.48. The first-order valence-electron chi connectivity index (χ1n) is 10.7. The molecule has 0 saturated carbocycles. The van der Waals surface area contributed by atoms with Crippen LogP contribution >= 0.6 is 0 Å². The van der Waals surface area contributed by atoms with Crippen molar-refractivity contribution in [2.24, 2.45) is 5.92 Å². The van der Waals surface area contributed by atoms with Gasteiger partial charge in [-0.15, -0.1) is 0 Å². The molecular formula is C25H25N3O3. The lowest BCUT2D eigenvalue weighted by atomic mass is 9.76. The van der Waals surface area contributed by atoms with E-state index in [1.807, 2.05) is 30.3 Å². The van der Waals surface area contributed by atoms with E-state index in [4.69, 9.17) is 9.15 Å².